The second-order valence-electron chi connectivity index (χ2n) is 9.05. The van der Waals surface area contributed by atoms with Gasteiger partial charge in [-0.1, -0.05) is 24.0 Å². The lowest BCUT2D eigenvalue weighted by Crippen LogP contribution is -2.45. The van der Waals surface area contributed by atoms with E-state index in [-0.39, 0.29) is 18.2 Å². The number of cyclic esters (lactones) is 1. The van der Waals surface area contributed by atoms with E-state index in [1.54, 1.807) is 32.6 Å². The molecule has 2 N–H and O–H groups in total. The van der Waals surface area contributed by atoms with E-state index in [0.717, 1.165) is 17.4 Å². The molecule has 2 atom stereocenters. The van der Waals surface area contributed by atoms with Crippen molar-refractivity contribution in [3.63, 3.8) is 0 Å². The Labute approximate surface area is 179 Å². The summed E-state index contributed by atoms with van der Waals surface area (Å²) in [5, 5.41) is 9.94. The first-order chi connectivity index (χ1) is 13.7. The molecule has 1 aromatic rings. The number of nitrogens with one attached hydrogen (secondary N) is 1. The molecule has 166 valence electrons. The molecule has 2 rings (SSSR count). The molecule has 1 saturated heterocycles. The lowest BCUT2D eigenvalue weighted by atomic mass is 9.97. The van der Waals surface area contributed by atoms with Gasteiger partial charge in [0.15, 0.2) is 0 Å². The van der Waals surface area contributed by atoms with Crippen LogP contribution in [0.1, 0.15) is 64.6 Å². The number of nitrogens with zero attached hydrogens (tertiary/aromatic N) is 1. The molecule has 0 spiro atoms. The monoisotopic (exact) mass is 436 g/mol. The highest BCUT2D eigenvalue weighted by molar-refractivity contribution is 7.88. The normalized spacial score (nSPS) is 19.0. The number of hydrogen-bond donors (Lipinski definition) is 2. The molecule has 0 aromatic heterocycles. The Balaban J connectivity index is 2.03. The van der Waals surface area contributed by atoms with E-state index < -0.39 is 21.2 Å². The predicted octanol–water partition coefficient (Wildman–Crippen LogP) is 2.80. The molecule has 7 nitrogen and oxygen atoms in total. The first-order valence-corrected chi connectivity index (χ1v) is 11.9. The first-order valence-electron chi connectivity index (χ1n) is 9.97. The average Bonchev–Trinajstić information content (AvgIpc) is 2.57. The van der Waals surface area contributed by atoms with Crippen molar-refractivity contribution in [1.29, 1.82) is 0 Å². The Morgan fingerprint density at radius 3 is 2.37 bits per heavy atom. The number of carbonyl (C=O) groups is 1. The van der Waals surface area contributed by atoms with E-state index in [4.69, 9.17) is 4.74 Å². The summed E-state index contributed by atoms with van der Waals surface area (Å²) in [7, 11) is -3.35. The molecule has 2 unspecified atom stereocenters. The molecule has 1 fully saturated rings. The van der Waals surface area contributed by atoms with Crippen molar-refractivity contribution in [1.82, 2.24) is 9.62 Å². The van der Waals surface area contributed by atoms with Crippen molar-refractivity contribution in [2.24, 2.45) is 0 Å². The molecule has 1 heterocycles. The van der Waals surface area contributed by atoms with Gasteiger partial charge in [-0.2, -0.15) is 4.72 Å². The zero-order valence-electron chi connectivity index (χ0n) is 18.5. The minimum Gasteiger partial charge on any atom is -0.446 e. The van der Waals surface area contributed by atoms with Crippen LogP contribution in [0.15, 0.2) is 24.3 Å². The second-order valence-corrected chi connectivity index (χ2v) is 10.8. The number of sulfonamides is 1. The summed E-state index contributed by atoms with van der Waals surface area (Å²) in [4.78, 5) is 14.1. The number of benzene rings is 1. The quantitative estimate of drug-likeness (QED) is 0.669. The molecule has 1 aromatic carbocycles. The van der Waals surface area contributed by atoms with Crippen molar-refractivity contribution >= 4 is 16.1 Å². The van der Waals surface area contributed by atoms with Gasteiger partial charge < -0.3 is 14.7 Å². The van der Waals surface area contributed by atoms with E-state index in [0.29, 0.717) is 19.4 Å². The minimum atomic E-state index is -3.35. The molecule has 0 aliphatic carbocycles. The third-order valence-electron chi connectivity index (χ3n) is 4.74. The molecule has 0 bridgehead atoms. The number of ether oxygens (including phenoxy) is 1. The van der Waals surface area contributed by atoms with Crippen molar-refractivity contribution in [3.05, 3.63) is 35.4 Å². The van der Waals surface area contributed by atoms with E-state index in [2.05, 4.69) is 16.6 Å². The van der Waals surface area contributed by atoms with Crippen LogP contribution in [0.25, 0.3) is 0 Å². The zero-order chi connectivity index (χ0) is 22.7. The van der Waals surface area contributed by atoms with Crippen LogP contribution >= 0.6 is 0 Å². The van der Waals surface area contributed by atoms with Crippen LogP contribution in [-0.4, -0.2) is 54.6 Å². The SMILES string of the molecule is CC(c1ccc(C#CC(C)(C)NS(C)(=O)=O)cc1)N1CCC(CC(C)(C)O)OC1=O. The fraction of sp³-hybridized carbons (Fsp3) is 0.591. The summed E-state index contributed by atoms with van der Waals surface area (Å²) < 4.78 is 30.8. The fourth-order valence-corrected chi connectivity index (χ4v) is 4.42. The first kappa shape index (κ1) is 24.2. The van der Waals surface area contributed by atoms with Gasteiger partial charge in [-0.3, -0.25) is 0 Å². The molecule has 30 heavy (non-hydrogen) atoms. The largest absolute Gasteiger partial charge is 0.446 e. The summed E-state index contributed by atoms with van der Waals surface area (Å²) in [5.41, 5.74) is -0.0506. The summed E-state index contributed by atoms with van der Waals surface area (Å²) in [6.07, 6.45) is 1.54. The van der Waals surface area contributed by atoms with Gasteiger partial charge in [0, 0.05) is 24.9 Å². The number of carbonyl (C=O) groups excluding carboxylic acids is 1. The van der Waals surface area contributed by atoms with Crippen molar-refractivity contribution in [2.45, 2.75) is 70.7 Å². The molecule has 8 heteroatoms. The summed E-state index contributed by atoms with van der Waals surface area (Å²) in [6, 6.07) is 7.35. The van der Waals surface area contributed by atoms with Crippen molar-refractivity contribution in [2.75, 3.05) is 12.8 Å². The zero-order valence-corrected chi connectivity index (χ0v) is 19.3. The van der Waals surface area contributed by atoms with Crippen LogP contribution in [0, 0.1) is 11.8 Å². The van der Waals surface area contributed by atoms with Crippen LogP contribution in [0.5, 0.6) is 0 Å². The lowest BCUT2D eigenvalue weighted by Gasteiger charge is -2.37. The van der Waals surface area contributed by atoms with E-state index in [1.807, 2.05) is 31.2 Å². The van der Waals surface area contributed by atoms with Gasteiger partial charge >= 0.3 is 6.09 Å². The molecule has 0 saturated carbocycles. The van der Waals surface area contributed by atoms with Gasteiger partial charge in [-0.05, 0) is 52.3 Å². The molecular weight excluding hydrogens is 404 g/mol. The summed E-state index contributed by atoms with van der Waals surface area (Å²) in [5.74, 6) is 5.91. The van der Waals surface area contributed by atoms with Gasteiger partial charge in [0.1, 0.15) is 6.10 Å². The highest BCUT2D eigenvalue weighted by Gasteiger charge is 2.33. The maximum absolute atomic E-state index is 12.4. The smallest absolute Gasteiger partial charge is 0.410 e. The van der Waals surface area contributed by atoms with E-state index >= 15 is 0 Å². The Hall–Kier alpha value is -2.08. The van der Waals surface area contributed by atoms with E-state index in [1.165, 1.54) is 0 Å². The molecular formula is C22H32N2O5S. The topological polar surface area (TPSA) is 95.9 Å². The van der Waals surface area contributed by atoms with Gasteiger partial charge in [0.2, 0.25) is 10.0 Å². The maximum atomic E-state index is 12.4. The van der Waals surface area contributed by atoms with Crippen LogP contribution in [-0.2, 0) is 14.8 Å². The van der Waals surface area contributed by atoms with Crippen LogP contribution in [0.2, 0.25) is 0 Å². The Morgan fingerprint density at radius 1 is 1.27 bits per heavy atom. The second kappa shape index (κ2) is 8.96. The minimum absolute atomic E-state index is 0.161. The van der Waals surface area contributed by atoms with Gasteiger partial charge in [-0.15, -0.1) is 0 Å². The van der Waals surface area contributed by atoms with Crippen LogP contribution < -0.4 is 4.72 Å². The highest BCUT2D eigenvalue weighted by atomic mass is 32.2. The van der Waals surface area contributed by atoms with Crippen molar-refractivity contribution in [3.8, 4) is 11.8 Å². The predicted molar refractivity (Wildman–Crippen MR) is 116 cm³/mol. The Kier molecular flexibility index (Phi) is 7.23. The fourth-order valence-electron chi connectivity index (χ4n) is 3.44. The van der Waals surface area contributed by atoms with Gasteiger partial charge in [0.05, 0.1) is 23.4 Å². The lowest BCUT2D eigenvalue weighted by molar-refractivity contribution is -0.0309. The standard InChI is InChI=1S/C22H32N2O5S/c1-16(24-14-12-19(29-20(24)25)15-22(4,5)26)18-9-7-17(8-10-18)11-13-21(2,3)23-30(6,27)28/h7-10,16,19,23,26H,12,14-15H2,1-6H3. The molecule has 1 amide bonds. The molecule has 0 radical (unpaired) electrons. The molecule has 1 aliphatic heterocycles. The Morgan fingerprint density at radius 2 is 1.87 bits per heavy atom. The summed E-state index contributed by atoms with van der Waals surface area (Å²) >= 11 is 0. The maximum Gasteiger partial charge on any atom is 0.410 e. The third-order valence-corrected chi connectivity index (χ3v) is 5.62. The van der Waals surface area contributed by atoms with E-state index in [9.17, 15) is 18.3 Å². The summed E-state index contributed by atoms with van der Waals surface area (Å²) in [6.45, 7) is 9.32. The Bertz CT molecular complexity index is 921. The molecule has 1 aliphatic rings. The van der Waals surface area contributed by atoms with Crippen LogP contribution in [0.3, 0.4) is 0 Å². The highest BCUT2D eigenvalue weighted by Crippen LogP contribution is 2.28. The number of amides is 1. The van der Waals surface area contributed by atoms with Crippen molar-refractivity contribution < 1.29 is 23.1 Å². The third kappa shape index (κ3) is 7.63. The average molecular weight is 437 g/mol. The van der Waals surface area contributed by atoms with Gasteiger partial charge in [-0.25, -0.2) is 13.2 Å². The number of rotatable bonds is 6. The number of hydrogen-bond acceptors (Lipinski definition) is 5. The van der Waals surface area contributed by atoms with Gasteiger partial charge in [0.25, 0.3) is 0 Å². The number of aliphatic hydroxyl groups is 1. The van der Waals surface area contributed by atoms with Crippen LogP contribution in [0.4, 0.5) is 4.79 Å².